The van der Waals surface area contributed by atoms with Crippen LogP contribution in [0.3, 0.4) is 0 Å². The minimum absolute atomic E-state index is 0.0989. The van der Waals surface area contributed by atoms with Crippen LogP contribution in [0.5, 0.6) is 5.75 Å². The lowest BCUT2D eigenvalue weighted by Gasteiger charge is -2.21. The van der Waals surface area contributed by atoms with E-state index in [0.717, 1.165) is 5.56 Å². The molecule has 0 saturated heterocycles. The van der Waals surface area contributed by atoms with Crippen LogP contribution in [0.4, 0.5) is 11.8 Å². The predicted molar refractivity (Wildman–Crippen MR) is 138 cm³/mol. The molecule has 36 heavy (non-hydrogen) atoms. The van der Waals surface area contributed by atoms with Gasteiger partial charge in [-0.2, -0.15) is 9.97 Å². The van der Waals surface area contributed by atoms with Gasteiger partial charge in [-0.25, -0.2) is 9.97 Å². The SMILES string of the molecule is COCCOc1cccc(-n2c(C(C)Nc3nc(N)nc4[nH]cnc34)nc3cccc(C)c3c2=O)c1. The summed E-state index contributed by atoms with van der Waals surface area (Å²) in [6.07, 6.45) is 1.52. The fraction of sp³-hybridized carbons (Fsp3) is 0.240. The number of nitrogen functional groups attached to an aromatic ring is 1. The summed E-state index contributed by atoms with van der Waals surface area (Å²) in [6, 6.07) is 12.5. The molecule has 3 heterocycles. The molecule has 11 nitrogen and oxygen atoms in total. The first-order valence-corrected chi connectivity index (χ1v) is 11.4. The highest BCUT2D eigenvalue weighted by Crippen LogP contribution is 2.26. The van der Waals surface area contributed by atoms with Crippen LogP contribution >= 0.6 is 0 Å². The summed E-state index contributed by atoms with van der Waals surface area (Å²) in [7, 11) is 1.62. The van der Waals surface area contributed by atoms with Gasteiger partial charge in [-0.1, -0.05) is 18.2 Å². The highest BCUT2D eigenvalue weighted by Gasteiger charge is 2.21. The van der Waals surface area contributed by atoms with Gasteiger partial charge in [-0.15, -0.1) is 0 Å². The third kappa shape index (κ3) is 4.31. The Morgan fingerprint density at radius 1 is 1.14 bits per heavy atom. The number of rotatable bonds is 8. The molecule has 2 aromatic carbocycles. The van der Waals surface area contributed by atoms with Crippen LogP contribution < -0.4 is 21.3 Å². The summed E-state index contributed by atoms with van der Waals surface area (Å²) in [5.74, 6) is 1.65. The van der Waals surface area contributed by atoms with Crippen LogP contribution in [0.15, 0.2) is 53.6 Å². The number of aromatic nitrogens is 6. The van der Waals surface area contributed by atoms with Crippen molar-refractivity contribution in [3.63, 3.8) is 0 Å². The molecular formula is C25H26N8O3. The van der Waals surface area contributed by atoms with Crippen LogP contribution in [-0.2, 0) is 4.74 Å². The van der Waals surface area contributed by atoms with Gasteiger partial charge in [0.1, 0.15) is 23.7 Å². The number of methoxy groups -OCH3 is 1. The van der Waals surface area contributed by atoms with Crippen molar-refractivity contribution < 1.29 is 9.47 Å². The largest absolute Gasteiger partial charge is 0.491 e. The third-order valence-corrected chi connectivity index (χ3v) is 5.80. The lowest BCUT2D eigenvalue weighted by molar-refractivity contribution is 0.146. The van der Waals surface area contributed by atoms with Gasteiger partial charge in [0, 0.05) is 13.2 Å². The summed E-state index contributed by atoms with van der Waals surface area (Å²) >= 11 is 0. The number of imidazole rings is 1. The number of aryl methyl sites for hydroxylation is 1. The van der Waals surface area contributed by atoms with Crippen molar-refractivity contribution in [1.82, 2.24) is 29.5 Å². The number of nitrogens with one attached hydrogen (secondary N) is 2. The van der Waals surface area contributed by atoms with E-state index in [1.807, 2.05) is 56.3 Å². The molecule has 0 amide bonds. The summed E-state index contributed by atoms with van der Waals surface area (Å²) in [4.78, 5) is 34.5. The Kier molecular flexibility index (Phi) is 6.21. The molecule has 0 fully saturated rings. The van der Waals surface area contributed by atoms with Crippen molar-refractivity contribution in [1.29, 1.82) is 0 Å². The van der Waals surface area contributed by atoms with E-state index >= 15 is 0 Å². The molecule has 11 heteroatoms. The molecule has 5 aromatic rings. The molecule has 1 unspecified atom stereocenters. The van der Waals surface area contributed by atoms with Crippen molar-refractivity contribution in [3.05, 3.63) is 70.5 Å². The first-order chi connectivity index (χ1) is 17.5. The number of benzene rings is 2. The minimum Gasteiger partial charge on any atom is -0.491 e. The fourth-order valence-electron chi connectivity index (χ4n) is 4.13. The lowest BCUT2D eigenvalue weighted by atomic mass is 10.1. The van der Waals surface area contributed by atoms with Crippen LogP contribution in [0.1, 0.15) is 24.4 Å². The molecule has 5 rings (SSSR count). The average molecular weight is 487 g/mol. The van der Waals surface area contributed by atoms with Crippen molar-refractivity contribution in [3.8, 4) is 11.4 Å². The molecule has 184 valence electrons. The van der Waals surface area contributed by atoms with Crippen LogP contribution in [0.2, 0.25) is 0 Å². The monoisotopic (exact) mass is 486 g/mol. The van der Waals surface area contributed by atoms with Gasteiger partial charge in [0.05, 0.1) is 35.6 Å². The van der Waals surface area contributed by atoms with Crippen molar-refractivity contribution in [2.75, 3.05) is 31.4 Å². The number of hydrogen-bond donors (Lipinski definition) is 3. The number of anilines is 2. The second-order valence-electron chi connectivity index (χ2n) is 8.31. The second-order valence-corrected chi connectivity index (χ2v) is 8.31. The summed E-state index contributed by atoms with van der Waals surface area (Å²) in [5, 5.41) is 3.87. The Bertz CT molecular complexity index is 1610. The van der Waals surface area contributed by atoms with Crippen molar-refractivity contribution >= 4 is 33.8 Å². The van der Waals surface area contributed by atoms with E-state index in [1.54, 1.807) is 11.7 Å². The first-order valence-electron chi connectivity index (χ1n) is 11.4. The van der Waals surface area contributed by atoms with E-state index < -0.39 is 6.04 Å². The number of aromatic amines is 1. The number of hydrogen-bond acceptors (Lipinski definition) is 9. The Morgan fingerprint density at radius 2 is 1.97 bits per heavy atom. The quantitative estimate of drug-likeness (QED) is 0.282. The second kappa shape index (κ2) is 9.62. The number of fused-ring (bicyclic) bond motifs is 2. The minimum atomic E-state index is -0.449. The number of nitrogens with two attached hydrogens (primary N) is 1. The Labute approximate surface area is 206 Å². The molecule has 0 bridgehead atoms. The maximum absolute atomic E-state index is 13.9. The van der Waals surface area contributed by atoms with Crippen LogP contribution in [0.25, 0.3) is 27.8 Å². The van der Waals surface area contributed by atoms with Crippen molar-refractivity contribution in [2.24, 2.45) is 0 Å². The Morgan fingerprint density at radius 3 is 2.81 bits per heavy atom. The van der Waals surface area contributed by atoms with Gasteiger partial charge in [-0.3, -0.25) is 9.36 Å². The Hall–Kier alpha value is -4.51. The molecule has 3 aromatic heterocycles. The maximum atomic E-state index is 13.9. The fourth-order valence-corrected chi connectivity index (χ4v) is 4.13. The molecule has 1 atom stereocenters. The van der Waals surface area contributed by atoms with Gasteiger partial charge in [-0.05, 0) is 37.6 Å². The summed E-state index contributed by atoms with van der Waals surface area (Å²) < 4.78 is 12.5. The van der Waals surface area contributed by atoms with Crippen LogP contribution in [0, 0.1) is 6.92 Å². The summed E-state index contributed by atoms with van der Waals surface area (Å²) in [5.41, 5.74) is 8.85. The molecule has 4 N–H and O–H groups in total. The smallest absolute Gasteiger partial charge is 0.266 e. The molecule has 0 radical (unpaired) electrons. The van der Waals surface area contributed by atoms with Gasteiger partial charge in [0.15, 0.2) is 11.5 Å². The van der Waals surface area contributed by atoms with E-state index in [-0.39, 0.29) is 11.5 Å². The zero-order chi connectivity index (χ0) is 25.2. The molecule has 0 aliphatic rings. The predicted octanol–water partition coefficient (Wildman–Crippen LogP) is 3.14. The Balaban J connectivity index is 1.65. The van der Waals surface area contributed by atoms with Gasteiger partial charge in [0.2, 0.25) is 5.95 Å². The van der Waals surface area contributed by atoms with E-state index in [4.69, 9.17) is 20.2 Å². The number of ether oxygens (including phenoxy) is 2. The van der Waals surface area contributed by atoms with Crippen LogP contribution in [-0.4, -0.2) is 49.8 Å². The standard InChI is InChI=1S/C25H26N8O3/c1-14-6-4-9-18-19(14)24(34)33(16-7-5-8-17(12-16)36-11-10-35-3)23(30-18)15(2)29-22-20-21(28-13-27-20)31-25(26)32-22/h4-9,12-13,15H,10-11H2,1-3H3,(H4,26,27,28,29,31,32). The van der Waals surface area contributed by atoms with E-state index in [9.17, 15) is 4.79 Å². The lowest BCUT2D eigenvalue weighted by Crippen LogP contribution is -2.28. The molecule has 0 saturated carbocycles. The molecular weight excluding hydrogens is 460 g/mol. The number of nitrogens with zero attached hydrogens (tertiary/aromatic N) is 5. The normalized spacial score (nSPS) is 12.2. The van der Waals surface area contributed by atoms with Gasteiger partial charge in [0.25, 0.3) is 5.56 Å². The highest BCUT2D eigenvalue weighted by atomic mass is 16.5. The van der Waals surface area contributed by atoms with Gasteiger partial charge < -0.3 is 25.5 Å². The molecule has 0 aliphatic carbocycles. The van der Waals surface area contributed by atoms with E-state index in [0.29, 0.717) is 58.4 Å². The van der Waals surface area contributed by atoms with E-state index in [2.05, 4.69) is 25.3 Å². The third-order valence-electron chi connectivity index (χ3n) is 5.80. The van der Waals surface area contributed by atoms with Crippen molar-refractivity contribution in [2.45, 2.75) is 19.9 Å². The zero-order valence-corrected chi connectivity index (χ0v) is 20.1. The van der Waals surface area contributed by atoms with E-state index in [1.165, 1.54) is 6.33 Å². The maximum Gasteiger partial charge on any atom is 0.266 e. The summed E-state index contributed by atoms with van der Waals surface area (Å²) in [6.45, 7) is 4.65. The number of H-pyrrole nitrogens is 1. The topological polar surface area (TPSA) is 146 Å². The highest BCUT2D eigenvalue weighted by molar-refractivity contribution is 5.84. The molecule has 0 spiro atoms. The molecule has 0 aliphatic heterocycles. The average Bonchev–Trinajstić information content (AvgIpc) is 3.33. The van der Waals surface area contributed by atoms with Gasteiger partial charge >= 0.3 is 0 Å². The zero-order valence-electron chi connectivity index (χ0n) is 20.1. The first kappa shape index (κ1) is 23.2.